The summed E-state index contributed by atoms with van der Waals surface area (Å²) in [7, 11) is -3.68. The van der Waals surface area contributed by atoms with Gasteiger partial charge in [-0.1, -0.05) is 20.8 Å². The Morgan fingerprint density at radius 3 is 2.32 bits per heavy atom. The van der Waals surface area contributed by atoms with Crippen LogP contribution in [0.1, 0.15) is 26.3 Å². The molecule has 1 heterocycles. The Morgan fingerprint density at radius 1 is 1.20 bits per heavy atom. The molecule has 0 aliphatic carbocycles. The van der Waals surface area contributed by atoms with Gasteiger partial charge in [0.25, 0.3) is 0 Å². The van der Waals surface area contributed by atoms with E-state index in [1.165, 1.54) is 29.4 Å². The summed E-state index contributed by atoms with van der Waals surface area (Å²) in [4.78, 5) is 13.9. The largest absolute Gasteiger partial charge is 0.337 e. The van der Waals surface area contributed by atoms with E-state index < -0.39 is 15.8 Å². The first-order chi connectivity index (χ1) is 11.5. The van der Waals surface area contributed by atoms with Crippen molar-refractivity contribution in [1.29, 1.82) is 0 Å². The quantitative estimate of drug-likeness (QED) is 0.886. The number of amides is 2. The molecule has 0 aromatic heterocycles. The van der Waals surface area contributed by atoms with Crippen molar-refractivity contribution in [2.45, 2.75) is 32.6 Å². The van der Waals surface area contributed by atoms with E-state index in [0.717, 1.165) is 0 Å². The summed E-state index contributed by atoms with van der Waals surface area (Å²) in [5.41, 5.74) is 0.280. The monoisotopic (exact) mass is 371 g/mol. The van der Waals surface area contributed by atoms with Crippen LogP contribution in [-0.4, -0.2) is 56.4 Å². The van der Waals surface area contributed by atoms with Crippen molar-refractivity contribution in [3.8, 4) is 0 Å². The van der Waals surface area contributed by atoms with Crippen LogP contribution in [0.25, 0.3) is 0 Å². The fraction of sp³-hybridized carbons (Fsp3) is 0.588. The molecule has 0 atom stereocenters. The zero-order chi connectivity index (χ0) is 18.8. The molecule has 8 heteroatoms. The van der Waals surface area contributed by atoms with Crippen molar-refractivity contribution in [2.24, 2.45) is 5.41 Å². The molecule has 2 rings (SSSR count). The van der Waals surface area contributed by atoms with Gasteiger partial charge in [0.2, 0.25) is 10.0 Å². The Bertz CT molecular complexity index is 736. The molecule has 1 aromatic carbocycles. The average Bonchev–Trinajstić information content (AvgIpc) is 2.54. The summed E-state index contributed by atoms with van der Waals surface area (Å²) in [6.45, 7) is 9.28. The van der Waals surface area contributed by atoms with E-state index in [1.54, 1.807) is 4.90 Å². The molecule has 6 nitrogen and oxygen atoms in total. The number of hydrogen-bond donors (Lipinski definition) is 1. The van der Waals surface area contributed by atoms with Crippen molar-refractivity contribution in [1.82, 2.24) is 14.5 Å². The molecule has 140 valence electrons. The first kappa shape index (κ1) is 19.7. The molecule has 0 spiro atoms. The predicted molar refractivity (Wildman–Crippen MR) is 94.3 cm³/mol. The number of carbonyl (C=O) groups is 1. The summed E-state index contributed by atoms with van der Waals surface area (Å²) in [6.07, 6.45) is 0. The topological polar surface area (TPSA) is 69.7 Å². The van der Waals surface area contributed by atoms with E-state index in [4.69, 9.17) is 0 Å². The molecule has 1 aliphatic heterocycles. The first-order valence-electron chi connectivity index (χ1n) is 8.30. The zero-order valence-corrected chi connectivity index (χ0v) is 16.0. The number of sulfonamides is 1. The highest BCUT2D eigenvalue weighted by Crippen LogP contribution is 2.20. The fourth-order valence-corrected chi connectivity index (χ4v) is 4.02. The molecule has 25 heavy (non-hydrogen) atoms. The molecule has 1 fully saturated rings. The minimum atomic E-state index is -3.68. The van der Waals surface area contributed by atoms with Gasteiger partial charge in [-0.25, -0.2) is 17.6 Å². The normalized spacial score (nSPS) is 16.8. The number of aryl methyl sites for hydroxylation is 1. The lowest BCUT2D eigenvalue weighted by Gasteiger charge is -2.34. The van der Waals surface area contributed by atoms with Gasteiger partial charge in [0.05, 0.1) is 4.90 Å². The van der Waals surface area contributed by atoms with Gasteiger partial charge in [0, 0.05) is 32.7 Å². The van der Waals surface area contributed by atoms with Crippen LogP contribution < -0.4 is 5.32 Å². The lowest BCUT2D eigenvalue weighted by molar-refractivity contribution is 0.169. The van der Waals surface area contributed by atoms with Gasteiger partial charge < -0.3 is 10.2 Å². The number of nitrogens with one attached hydrogen (secondary N) is 1. The number of rotatable bonds is 3. The molecule has 1 N–H and O–H groups in total. The summed E-state index contributed by atoms with van der Waals surface area (Å²) < 4.78 is 40.0. The third-order valence-electron chi connectivity index (χ3n) is 4.06. The molecule has 1 saturated heterocycles. The van der Waals surface area contributed by atoms with Crippen LogP contribution in [0.15, 0.2) is 23.1 Å². The number of hydrogen-bond acceptors (Lipinski definition) is 3. The van der Waals surface area contributed by atoms with Gasteiger partial charge in [-0.15, -0.1) is 0 Å². The first-order valence-corrected chi connectivity index (χ1v) is 9.74. The van der Waals surface area contributed by atoms with Crippen molar-refractivity contribution in [3.05, 3.63) is 29.6 Å². The molecule has 0 saturated carbocycles. The van der Waals surface area contributed by atoms with Crippen LogP contribution in [0.3, 0.4) is 0 Å². The van der Waals surface area contributed by atoms with E-state index in [9.17, 15) is 17.6 Å². The highest BCUT2D eigenvalue weighted by Gasteiger charge is 2.30. The van der Waals surface area contributed by atoms with Gasteiger partial charge in [0.1, 0.15) is 5.82 Å². The van der Waals surface area contributed by atoms with Gasteiger partial charge in [-0.3, -0.25) is 0 Å². The van der Waals surface area contributed by atoms with Crippen LogP contribution in [0.4, 0.5) is 9.18 Å². The van der Waals surface area contributed by atoms with Crippen LogP contribution >= 0.6 is 0 Å². The molecule has 1 aromatic rings. The Morgan fingerprint density at radius 2 is 1.80 bits per heavy atom. The molecule has 0 radical (unpaired) electrons. The Balaban J connectivity index is 1.99. The summed E-state index contributed by atoms with van der Waals surface area (Å²) in [5, 5.41) is 2.87. The number of halogens is 1. The summed E-state index contributed by atoms with van der Waals surface area (Å²) in [6, 6.07) is 3.61. The van der Waals surface area contributed by atoms with Crippen LogP contribution in [0, 0.1) is 18.2 Å². The minimum absolute atomic E-state index is 0.0126. The average molecular weight is 371 g/mol. The van der Waals surface area contributed by atoms with Crippen molar-refractivity contribution in [3.63, 3.8) is 0 Å². The van der Waals surface area contributed by atoms with Gasteiger partial charge in [-0.05, 0) is 36.1 Å². The van der Waals surface area contributed by atoms with Gasteiger partial charge >= 0.3 is 6.03 Å². The second kappa shape index (κ2) is 7.29. The smallest absolute Gasteiger partial charge is 0.317 e. The van der Waals surface area contributed by atoms with Crippen LogP contribution in [0.2, 0.25) is 0 Å². The number of benzene rings is 1. The number of urea groups is 1. The number of carbonyl (C=O) groups excluding carboxylic acids is 1. The summed E-state index contributed by atoms with van der Waals surface area (Å²) in [5.74, 6) is -0.431. The van der Waals surface area contributed by atoms with Crippen molar-refractivity contribution < 1.29 is 17.6 Å². The second-order valence-corrected chi connectivity index (χ2v) is 9.46. The van der Waals surface area contributed by atoms with Gasteiger partial charge in [-0.2, -0.15) is 4.31 Å². The van der Waals surface area contributed by atoms with Crippen molar-refractivity contribution in [2.75, 3.05) is 32.7 Å². The SMILES string of the molecule is Cc1cc(S(=O)(=O)N2CCN(C(=O)NCC(C)(C)C)CC2)ccc1F. The Labute approximate surface area is 149 Å². The molecule has 0 bridgehead atoms. The maximum atomic E-state index is 13.4. The lowest BCUT2D eigenvalue weighted by Crippen LogP contribution is -2.53. The van der Waals surface area contributed by atoms with Gasteiger partial charge in [0.15, 0.2) is 0 Å². The van der Waals surface area contributed by atoms with Crippen LogP contribution in [-0.2, 0) is 10.0 Å². The van der Waals surface area contributed by atoms with E-state index in [2.05, 4.69) is 5.32 Å². The maximum Gasteiger partial charge on any atom is 0.317 e. The van der Waals surface area contributed by atoms with Crippen molar-refractivity contribution >= 4 is 16.1 Å². The van der Waals surface area contributed by atoms with Crippen LogP contribution in [0.5, 0.6) is 0 Å². The van der Waals surface area contributed by atoms with E-state index in [-0.39, 0.29) is 29.4 Å². The Kier molecular flexibility index (Phi) is 5.73. The lowest BCUT2D eigenvalue weighted by atomic mass is 9.97. The third-order valence-corrected chi connectivity index (χ3v) is 5.96. The van der Waals surface area contributed by atoms with E-state index in [1.807, 2.05) is 20.8 Å². The highest BCUT2D eigenvalue weighted by atomic mass is 32.2. The molecule has 0 unspecified atom stereocenters. The van der Waals surface area contributed by atoms with E-state index >= 15 is 0 Å². The van der Waals surface area contributed by atoms with E-state index in [0.29, 0.717) is 25.2 Å². The Hall–Kier alpha value is -1.67. The number of piperazine rings is 1. The molecule has 1 aliphatic rings. The molecular weight excluding hydrogens is 345 g/mol. The zero-order valence-electron chi connectivity index (χ0n) is 15.2. The second-order valence-electron chi connectivity index (χ2n) is 7.52. The minimum Gasteiger partial charge on any atom is -0.337 e. The highest BCUT2D eigenvalue weighted by molar-refractivity contribution is 7.89. The molecule has 2 amide bonds. The predicted octanol–water partition coefficient (Wildman–Crippen LogP) is 2.20. The molecular formula is C17H26FN3O3S. The maximum absolute atomic E-state index is 13.4. The summed E-state index contributed by atoms with van der Waals surface area (Å²) >= 11 is 0. The fourth-order valence-electron chi connectivity index (χ4n) is 2.51. The standard InChI is InChI=1S/C17H26FN3O3S/c1-13-11-14(5-6-15(13)18)25(23,24)21-9-7-20(8-10-21)16(22)19-12-17(2,3)4/h5-6,11H,7-10,12H2,1-4H3,(H,19,22). The number of nitrogens with zero attached hydrogens (tertiary/aromatic N) is 2. The third kappa shape index (κ3) is 4.92.